The molecule has 2 atom stereocenters. The molecule has 0 spiro atoms. The van der Waals surface area contributed by atoms with Crippen LogP contribution in [-0.2, 0) is 9.53 Å². The molecule has 0 aromatic rings. The Hall–Kier alpha value is 0.366. The van der Waals surface area contributed by atoms with E-state index in [1.165, 1.54) is 0 Å². The number of carbonyl (C=O) groups is 1. The number of hydrogen-bond acceptors (Lipinski definition) is 6. The summed E-state index contributed by atoms with van der Waals surface area (Å²) in [5.41, 5.74) is 0. The predicted octanol–water partition coefficient (Wildman–Crippen LogP) is -4.29. The molecule has 7 heteroatoms. The Kier molecular flexibility index (Phi) is 5.45. The van der Waals surface area contributed by atoms with Crippen LogP contribution in [0.5, 0.6) is 0 Å². The van der Waals surface area contributed by atoms with Crippen LogP contribution in [0.4, 0.5) is 0 Å². The van der Waals surface area contributed by atoms with E-state index < -0.39 is 36.3 Å². The zero-order valence-corrected chi connectivity index (χ0v) is 10.1. The summed E-state index contributed by atoms with van der Waals surface area (Å²) in [5, 5.41) is 35.0. The van der Waals surface area contributed by atoms with Gasteiger partial charge in [-0.3, -0.25) is 0 Å². The molecule has 1 unspecified atom stereocenters. The van der Waals surface area contributed by atoms with Crippen molar-refractivity contribution in [1.82, 2.24) is 0 Å². The standard InChI is InChI=1S/C6H8O6.K.H/c7-1-2(8)5-3(9)4(10)6(11)12-5;;/h2,5,7-10H,1H2;;/q;+1;-1/t2?,5-;;/m1../s1. The zero-order valence-electron chi connectivity index (χ0n) is 7.97. The Balaban J connectivity index is 0. The third-order valence-corrected chi connectivity index (χ3v) is 1.48. The molecule has 0 bridgehead atoms. The normalized spacial score (nSPS) is 23.8. The summed E-state index contributed by atoms with van der Waals surface area (Å²) in [6.07, 6.45) is -2.78. The van der Waals surface area contributed by atoms with Crippen LogP contribution < -0.4 is 51.4 Å². The average Bonchev–Trinajstić information content (AvgIpc) is 2.32. The van der Waals surface area contributed by atoms with Crippen LogP contribution >= 0.6 is 0 Å². The topological polar surface area (TPSA) is 107 Å². The van der Waals surface area contributed by atoms with Gasteiger partial charge < -0.3 is 26.6 Å². The van der Waals surface area contributed by atoms with Gasteiger partial charge in [-0.25, -0.2) is 4.79 Å². The van der Waals surface area contributed by atoms with Gasteiger partial charge in [0.1, 0.15) is 6.10 Å². The van der Waals surface area contributed by atoms with E-state index in [0.717, 1.165) is 0 Å². The Bertz CT molecular complexity index is 242. The van der Waals surface area contributed by atoms with Crippen molar-refractivity contribution in [3.8, 4) is 0 Å². The summed E-state index contributed by atoms with van der Waals surface area (Å²) in [7, 11) is 0. The third kappa shape index (κ3) is 2.66. The molecule has 70 valence electrons. The molecule has 0 aliphatic carbocycles. The molecule has 1 aliphatic rings. The van der Waals surface area contributed by atoms with Crippen LogP contribution in [0.15, 0.2) is 11.5 Å². The number of rotatable bonds is 2. The maximum atomic E-state index is 10.5. The fourth-order valence-electron chi connectivity index (χ4n) is 0.823. The fourth-order valence-corrected chi connectivity index (χ4v) is 0.823. The van der Waals surface area contributed by atoms with Crippen LogP contribution in [0, 0.1) is 0 Å². The number of hydrogen-bond donors (Lipinski definition) is 4. The second kappa shape index (κ2) is 5.30. The van der Waals surface area contributed by atoms with Gasteiger partial charge in [-0.15, -0.1) is 0 Å². The first-order valence-electron chi connectivity index (χ1n) is 3.20. The number of aliphatic hydroxyl groups is 4. The summed E-state index contributed by atoms with van der Waals surface area (Å²) >= 11 is 0. The van der Waals surface area contributed by atoms with Crippen molar-refractivity contribution < 1.29 is 82.8 Å². The first kappa shape index (κ1) is 13.4. The van der Waals surface area contributed by atoms with E-state index in [1.54, 1.807) is 0 Å². The largest absolute Gasteiger partial charge is 1.00 e. The minimum Gasteiger partial charge on any atom is -1.00 e. The van der Waals surface area contributed by atoms with Gasteiger partial charge in [-0.2, -0.15) is 0 Å². The molecule has 0 saturated heterocycles. The van der Waals surface area contributed by atoms with E-state index in [-0.39, 0.29) is 52.8 Å². The molecule has 6 nitrogen and oxygen atoms in total. The molecule has 1 rings (SSSR count). The Morgan fingerprint density at radius 2 is 2.08 bits per heavy atom. The van der Waals surface area contributed by atoms with Crippen LogP contribution in [0.25, 0.3) is 0 Å². The molecule has 0 saturated carbocycles. The molecule has 1 aliphatic heterocycles. The summed E-state index contributed by atoms with van der Waals surface area (Å²) in [5.74, 6) is -2.78. The van der Waals surface area contributed by atoms with Crippen LogP contribution in [-0.4, -0.2) is 45.2 Å². The molecule has 0 aromatic heterocycles. The molecule has 4 N–H and O–H groups in total. The van der Waals surface area contributed by atoms with Gasteiger partial charge in [0, 0.05) is 0 Å². The number of aliphatic hydroxyl groups excluding tert-OH is 4. The first-order chi connectivity index (χ1) is 5.57. The monoisotopic (exact) mass is 216 g/mol. The molecule has 0 aromatic carbocycles. The van der Waals surface area contributed by atoms with E-state index in [4.69, 9.17) is 20.4 Å². The number of esters is 1. The van der Waals surface area contributed by atoms with Crippen molar-refractivity contribution in [3.63, 3.8) is 0 Å². The Morgan fingerprint density at radius 1 is 1.54 bits per heavy atom. The van der Waals surface area contributed by atoms with Crippen molar-refractivity contribution in [3.05, 3.63) is 11.5 Å². The summed E-state index contributed by atoms with van der Waals surface area (Å²) in [6.45, 7) is -0.671. The summed E-state index contributed by atoms with van der Waals surface area (Å²) < 4.78 is 4.32. The van der Waals surface area contributed by atoms with Gasteiger partial charge >= 0.3 is 57.4 Å². The van der Waals surface area contributed by atoms with E-state index in [0.29, 0.717) is 0 Å². The molecule has 0 amide bonds. The summed E-state index contributed by atoms with van der Waals surface area (Å²) in [4.78, 5) is 10.5. The smallest absolute Gasteiger partial charge is 1.00 e. The van der Waals surface area contributed by atoms with E-state index in [2.05, 4.69) is 4.74 Å². The molecular weight excluding hydrogens is 207 g/mol. The van der Waals surface area contributed by atoms with Crippen molar-refractivity contribution >= 4 is 5.97 Å². The molecule has 13 heavy (non-hydrogen) atoms. The minimum absolute atomic E-state index is 0. The Morgan fingerprint density at radius 3 is 2.38 bits per heavy atom. The van der Waals surface area contributed by atoms with Crippen molar-refractivity contribution in [1.29, 1.82) is 0 Å². The fraction of sp³-hybridized carbons (Fsp3) is 0.500. The minimum atomic E-state index is -1.42. The zero-order chi connectivity index (χ0) is 9.30. The van der Waals surface area contributed by atoms with Crippen molar-refractivity contribution in [2.75, 3.05) is 6.61 Å². The SMILES string of the molecule is O=C1O[C@H](C(O)CO)C(O)=C1O.[H-].[K+]. The quantitative estimate of drug-likeness (QED) is 0.275. The van der Waals surface area contributed by atoms with Gasteiger partial charge in [0.05, 0.1) is 6.61 Å². The van der Waals surface area contributed by atoms with Gasteiger partial charge in [-0.05, 0) is 0 Å². The van der Waals surface area contributed by atoms with E-state index in [1.807, 2.05) is 0 Å². The van der Waals surface area contributed by atoms with Gasteiger partial charge in [0.25, 0.3) is 0 Å². The molecule has 1 heterocycles. The third-order valence-electron chi connectivity index (χ3n) is 1.48. The Labute approximate surface area is 118 Å². The molecule has 0 fully saturated rings. The second-order valence-corrected chi connectivity index (χ2v) is 2.31. The molecular formula is C6H9KO6. The van der Waals surface area contributed by atoms with Gasteiger partial charge in [0.2, 0.25) is 5.76 Å². The van der Waals surface area contributed by atoms with Crippen LogP contribution in [0.3, 0.4) is 0 Å². The van der Waals surface area contributed by atoms with Gasteiger partial charge in [0.15, 0.2) is 11.9 Å². The first-order valence-corrected chi connectivity index (χ1v) is 3.20. The van der Waals surface area contributed by atoms with Gasteiger partial charge in [-0.1, -0.05) is 0 Å². The van der Waals surface area contributed by atoms with E-state index >= 15 is 0 Å². The van der Waals surface area contributed by atoms with Crippen LogP contribution in [0.1, 0.15) is 1.43 Å². The number of cyclic esters (lactones) is 1. The number of carbonyl (C=O) groups excluding carboxylic acids is 1. The second-order valence-electron chi connectivity index (χ2n) is 2.31. The molecule has 0 radical (unpaired) electrons. The maximum Gasteiger partial charge on any atom is 1.00 e. The van der Waals surface area contributed by atoms with Crippen molar-refractivity contribution in [2.45, 2.75) is 12.2 Å². The van der Waals surface area contributed by atoms with Crippen molar-refractivity contribution in [2.24, 2.45) is 0 Å². The number of ether oxygens (including phenoxy) is 1. The summed E-state index contributed by atoms with van der Waals surface area (Å²) in [6, 6.07) is 0. The van der Waals surface area contributed by atoms with E-state index in [9.17, 15) is 4.79 Å². The predicted molar refractivity (Wildman–Crippen MR) is 36.4 cm³/mol. The average molecular weight is 216 g/mol. The maximum absolute atomic E-state index is 10.5. The van der Waals surface area contributed by atoms with Crippen LogP contribution in [0.2, 0.25) is 0 Å².